The van der Waals surface area contributed by atoms with Gasteiger partial charge in [-0.15, -0.1) is 0 Å². The number of hydrogen-bond donors (Lipinski definition) is 3. The second-order valence-corrected chi connectivity index (χ2v) is 4.63. The Labute approximate surface area is 117 Å². The number of aromatic amines is 1. The highest BCUT2D eigenvalue weighted by Crippen LogP contribution is 2.16. The molecule has 2 rings (SSSR count). The first-order chi connectivity index (χ1) is 9.59. The molecule has 6 nitrogen and oxygen atoms in total. The van der Waals surface area contributed by atoms with Crippen LogP contribution in [0.5, 0.6) is 0 Å². The fourth-order valence-corrected chi connectivity index (χ4v) is 1.88. The van der Waals surface area contributed by atoms with Crippen LogP contribution in [0.15, 0.2) is 30.5 Å². The minimum Gasteiger partial charge on any atom is -0.361 e. The number of carbonyl (C=O) groups is 2. The van der Waals surface area contributed by atoms with E-state index in [1.807, 2.05) is 18.2 Å². The predicted octanol–water partition coefficient (Wildman–Crippen LogP) is 1.17. The summed E-state index contributed by atoms with van der Waals surface area (Å²) in [5.41, 5.74) is 1.56. The van der Waals surface area contributed by atoms with Crippen molar-refractivity contribution in [3.63, 3.8) is 0 Å². The van der Waals surface area contributed by atoms with E-state index in [-0.39, 0.29) is 11.9 Å². The largest absolute Gasteiger partial charge is 0.361 e. The molecule has 20 heavy (non-hydrogen) atoms. The summed E-state index contributed by atoms with van der Waals surface area (Å²) in [6.45, 7) is 0.783. The number of aromatic nitrogens is 1. The van der Waals surface area contributed by atoms with Crippen molar-refractivity contribution >= 4 is 22.8 Å². The molecule has 0 fully saturated rings. The van der Waals surface area contributed by atoms with Crippen molar-refractivity contribution in [2.24, 2.45) is 0 Å². The van der Waals surface area contributed by atoms with Gasteiger partial charge in [-0.05, 0) is 18.2 Å². The van der Waals surface area contributed by atoms with Crippen LogP contribution in [0.25, 0.3) is 10.9 Å². The standard InChI is InChI=1S/C14H18N4O2/c1-18(2)14(20)17-9-8-16-13(19)11-4-3-5-12-10(11)6-7-15-12/h3-7,15H,8-9H2,1-2H3,(H,16,19)(H,17,20). The fourth-order valence-electron chi connectivity index (χ4n) is 1.88. The Morgan fingerprint density at radius 2 is 1.90 bits per heavy atom. The normalized spacial score (nSPS) is 10.3. The first-order valence-electron chi connectivity index (χ1n) is 6.39. The molecule has 0 bridgehead atoms. The van der Waals surface area contributed by atoms with Crippen molar-refractivity contribution in [3.05, 3.63) is 36.0 Å². The number of benzene rings is 1. The Morgan fingerprint density at radius 1 is 1.15 bits per heavy atom. The van der Waals surface area contributed by atoms with Crippen molar-refractivity contribution < 1.29 is 9.59 Å². The minimum absolute atomic E-state index is 0.144. The summed E-state index contributed by atoms with van der Waals surface area (Å²) < 4.78 is 0. The number of nitrogens with zero attached hydrogens (tertiary/aromatic N) is 1. The van der Waals surface area contributed by atoms with E-state index in [1.165, 1.54) is 4.90 Å². The van der Waals surface area contributed by atoms with E-state index in [9.17, 15) is 9.59 Å². The smallest absolute Gasteiger partial charge is 0.316 e. The summed E-state index contributed by atoms with van der Waals surface area (Å²) in [5, 5.41) is 6.37. The molecule has 0 radical (unpaired) electrons. The highest BCUT2D eigenvalue weighted by atomic mass is 16.2. The lowest BCUT2D eigenvalue weighted by Crippen LogP contribution is -2.39. The van der Waals surface area contributed by atoms with Gasteiger partial charge in [0, 0.05) is 49.8 Å². The van der Waals surface area contributed by atoms with Crippen LogP contribution in [-0.2, 0) is 0 Å². The average Bonchev–Trinajstić information content (AvgIpc) is 2.90. The maximum absolute atomic E-state index is 12.1. The Kier molecular flexibility index (Phi) is 4.24. The maximum atomic E-state index is 12.1. The SMILES string of the molecule is CN(C)C(=O)NCCNC(=O)c1cccc2[nH]ccc12. The number of urea groups is 1. The molecule has 106 valence electrons. The lowest BCUT2D eigenvalue weighted by Gasteiger charge is -2.12. The van der Waals surface area contributed by atoms with Crippen LogP contribution in [0.2, 0.25) is 0 Å². The second-order valence-electron chi connectivity index (χ2n) is 4.63. The topological polar surface area (TPSA) is 77.2 Å². The third-order valence-corrected chi connectivity index (χ3v) is 2.93. The number of nitrogens with one attached hydrogen (secondary N) is 3. The molecule has 6 heteroatoms. The lowest BCUT2D eigenvalue weighted by atomic mass is 10.1. The van der Waals surface area contributed by atoms with Crippen molar-refractivity contribution in [2.75, 3.05) is 27.2 Å². The Morgan fingerprint density at radius 3 is 2.65 bits per heavy atom. The van der Waals surface area contributed by atoms with Crippen LogP contribution in [0.3, 0.4) is 0 Å². The van der Waals surface area contributed by atoms with Crippen molar-refractivity contribution in [2.45, 2.75) is 0 Å². The van der Waals surface area contributed by atoms with Gasteiger partial charge >= 0.3 is 6.03 Å². The molecule has 0 atom stereocenters. The van der Waals surface area contributed by atoms with E-state index in [4.69, 9.17) is 0 Å². The summed E-state index contributed by atoms with van der Waals surface area (Å²) in [7, 11) is 3.33. The van der Waals surface area contributed by atoms with Crippen LogP contribution >= 0.6 is 0 Å². The van der Waals surface area contributed by atoms with Crippen molar-refractivity contribution in [3.8, 4) is 0 Å². The summed E-state index contributed by atoms with van der Waals surface area (Å²) >= 11 is 0. The summed E-state index contributed by atoms with van der Waals surface area (Å²) in [4.78, 5) is 27.9. The first-order valence-corrected chi connectivity index (χ1v) is 6.39. The summed E-state index contributed by atoms with van der Waals surface area (Å²) in [6, 6.07) is 7.24. The van der Waals surface area contributed by atoms with Gasteiger partial charge in [-0.2, -0.15) is 0 Å². The molecule has 0 aliphatic rings. The number of carbonyl (C=O) groups excluding carboxylic acids is 2. The van der Waals surface area contributed by atoms with Crippen molar-refractivity contribution in [1.29, 1.82) is 0 Å². The third kappa shape index (κ3) is 3.09. The van der Waals surface area contributed by atoms with Crippen LogP contribution in [0.1, 0.15) is 10.4 Å². The van der Waals surface area contributed by atoms with E-state index in [1.54, 1.807) is 26.4 Å². The lowest BCUT2D eigenvalue weighted by molar-refractivity contribution is 0.0955. The molecule has 1 heterocycles. The number of fused-ring (bicyclic) bond motifs is 1. The molecule has 0 aliphatic carbocycles. The van der Waals surface area contributed by atoms with E-state index >= 15 is 0 Å². The van der Waals surface area contributed by atoms with Gasteiger partial charge in [0.2, 0.25) is 0 Å². The molecule has 3 N–H and O–H groups in total. The van der Waals surface area contributed by atoms with E-state index in [0.717, 1.165) is 10.9 Å². The first kappa shape index (κ1) is 13.9. The molecular formula is C14H18N4O2. The van der Waals surface area contributed by atoms with Crippen molar-refractivity contribution in [1.82, 2.24) is 20.5 Å². The summed E-state index contributed by atoms with van der Waals surface area (Å²) in [6.07, 6.45) is 1.80. The van der Waals surface area contributed by atoms with Gasteiger partial charge in [-0.1, -0.05) is 6.07 Å². The predicted molar refractivity (Wildman–Crippen MR) is 77.7 cm³/mol. The molecule has 0 spiro atoms. The molecule has 0 saturated heterocycles. The van der Waals surface area contributed by atoms with E-state index in [0.29, 0.717) is 18.7 Å². The van der Waals surface area contributed by atoms with Gasteiger partial charge in [-0.3, -0.25) is 4.79 Å². The Bertz CT molecular complexity index is 618. The van der Waals surface area contributed by atoms with Gasteiger partial charge < -0.3 is 20.5 Å². The van der Waals surface area contributed by atoms with Crippen LogP contribution in [-0.4, -0.2) is 49.0 Å². The zero-order valence-electron chi connectivity index (χ0n) is 11.6. The maximum Gasteiger partial charge on any atom is 0.316 e. The molecule has 1 aromatic carbocycles. The Hall–Kier alpha value is -2.50. The molecule has 0 unspecified atom stereocenters. The monoisotopic (exact) mass is 274 g/mol. The van der Waals surface area contributed by atoms with Crippen LogP contribution in [0, 0.1) is 0 Å². The molecule has 2 aromatic rings. The zero-order valence-corrected chi connectivity index (χ0v) is 11.6. The van der Waals surface area contributed by atoms with Gasteiger partial charge in [0.05, 0.1) is 0 Å². The molecule has 3 amide bonds. The molecule has 0 saturated carbocycles. The zero-order chi connectivity index (χ0) is 14.5. The van der Waals surface area contributed by atoms with Gasteiger partial charge in [0.1, 0.15) is 0 Å². The highest BCUT2D eigenvalue weighted by molar-refractivity contribution is 6.06. The fraction of sp³-hybridized carbons (Fsp3) is 0.286. The minimum atomic E-state index is -0.174. The number of amides is 3. The molecule has 1 aromatic heterocycles. The third-order valence-electron chi connectivity index (χ3n) is 2.93. The van der Waals surface area contributed by atoms with E-state index in [2.05, 4.69) is 15.6 Å². The van der Waals surface area contributed by atoms with Gasteiger partial charge in [0.25, 0.3) is 5.91 Å². The second kappa shape index (κ2) is 6.10. The highest BCUT2D eigenvalue weighted by Gasteiger charge is 2.09. The van der Waals surface area contributed by atoms with E-state index < -0.39 is 0 Å². The quantitative estimate of drug-likeness (QED) is 0.732. The van der Waals surface area contributed by atoms with Gasteiger partial charge in [0.15, 0.2) is 0 Å². The van der Waals surface area contributed by atoms with Gasteiger partial charge in [-0.25, -0.2) is 4.79 Å². The average molecular weight is 274 g/mol. The molecule has 0 aliphatic heterocycles. The number of rotatable bonds is 4. The van der Waals surface area contributed by atoms with Crippen LogP contribution < -0.4 is 10.6 Å². The number of hydrogen-bond acceptors (Lipinski definition) is 2. The summed E-state index contributed by atoms with van der Waals surface area (Å²) in [5.74, 6) is -0.144. The Balaban J connectivity index is 1.89. The molecular weight excluding hydrogens is 256 g/mol. The number of H-pyrrole nitrogens is 1. The van der Waals surface area contributed by atoms with Crippen LogP contribution in [0.4, 0.5) is 4.79 Å².